The number of ether oxygens (including phenoxy) is 3. The van der Waals surface area contributed by atoms with Crippen molar-refractivity contribution in [1.82, 2.24) is 15.2 Å². The van der Waals surface area contributed by atoms with Gasteiger partial charge in [0, 0.05) is 25.2 Å². The molecule has 1 atom stereocenters. The molecule has 1 aliphatic rings. The lowest BCUT2D eigenvalue weighted by Crippen LogP contribution is -2.36. The third kappa shape index (κ3) is 4.54. The highest BCUT2D eigenvalue weighted by Crippen LogP contribution is 2.46. The minimum absolute atomic E-state index is 0.164. The molecule has 176 valence electrons. The topological polar surface area (TPSA) is 104 Å². The number of anilines is 1. The second kappa shape index (κ2) is 10.1. The average Bonchev–Trinajstić information content (AvgIpc) is 2.96. The molecule has 0 aliphatic carbocycles. The zero-order valence-electron chi connectivity index (χ0n) is 19.3. The van der Waals surface area contributed by atoms with E-state index in [0.717, 1.165) is 12.2 Å². The van der Waals surface area contributed by atoms with Gasteiger partial charge >= 0.3 is 5.97 Å². The van der Waals surface area contributed by atoms with Gasteiger partial charge in [0.15, 0.2) is 17.2 Å². The van der Waals surface area contributed by atoms with Gasteiger partial charge in [-0.1, -0.05) is 43.0 Å². The molecule has 0 unspecified atom stereocenters. The third-order valence-electron chi connectivity index (χ3n) is 5.03. The fourth-order valence-corrected chi connectivity index (χ4v) is 4.28. The molecule has 0 saturated carbocycles. The predicted molar refractivity (Wildman–Crippen MR) is 127 cm³/mol. The van der Waals surface area contributed by atoms with E-state index in [-0.39, 0.29) is 17.5 Å². The lowest BCUT2D eigenvalue weighted by atomic mass is 10.1. The number of fused-ring (bicyclic) bond motifs is 3. The summed E-state index contributed by atoms with van der Waals surface area (Å²) in [5.74, 6) is 0.737. The summed E-state index contributed by atoms with van der Waals surface area (Å²) in [5.41, 5.74) is 2.07. The van der Waals surface area contributed by atoms with Crippen LogP contribution < -0.4 is 19.1 Å². The van der Waals surface area contributed by atoms with Crippen molar-refractivity contribution in [2.45, 2.75) is 38.6 Å². The Balaban J connectivity index is 1.95. The SMILES string of the molecule is CCCSc1nnc2c(n1)O[C@H](c1cccc(OC)c1OC(C)=O)N(C(C)=O)c1ccccc1-2. The first-order valence-electron chi connectivity index (χ1n) is 10.7. The van der Waals surface area contributed by atoms with Crippen molar-refractivity contribution >= 4 is 29.3 Å². The lowest BCUT2D eigenvalue weighted by molar-refractivity contribution is -0.132. The summed E-state index contributed by atoms with van der Waals surface area (Å²) in [4.78, 5) is 31.0. The van der Waals surface area contributed by atoms with E-state index in [2.05, 4.69) is 22.1 Å². The summed E-state index contributed by atoms with van der Waals surface area (Å²) >= 11 is 1.47. The Morgan fingerprint density at radius 1 is 1.12 bits per heavy atom. The van der Waals surface area contributed by atoms with Crippen molar-refractivity contribution in [3.8, 4) is 28.6 Å². The van der Waals surface area contributed by atoms with Crippen molar-refractivity contribution in [2.24, 2.45) is 0 Å². The van der Waals surface area contributed by atoms with Crippen molar-refractivity contribution < 1.29 is 23.8 Å². The molecule has 2 heterocycles. The summed E-state index contributed by atoms with van der Waals surface area (Å²) in [6, 6.07) is 12.4. The first-order valence-corrected chi connectivity index (χ1v) is 11.7. The number of thioether (sulfide) groups is 1. The second-order valence-corrected chi connectivity index (χ2v) is 8.51. The zero-order valence-corrected chi connectivity index (χ0v) is 20.1. The van der Waals surface area contributed by atoms with E-state index in [1.807, 2.05) is 18.2 Å². The summed E-state index contributed by atoms with van der Waals surface area (Å²) in [6.45, 7) is 4.80. The molecule has 0 N–H and O–H groups in total. The van der Waals surface area contributed by atoms with Crippen LogP contribution >= 0.6 is 11.8 Å². The van der Waals surface area contributed by atoms with E-state index in [1.54, 1.807) is 24.3 Å². The fraction of sp³-hybridized carbons (Fsp3) is 0.292. The van der Waals surface area contributed by atoms with Gasteiger partial charge in [0.2, 0.25) is 23.2 Å². The zero-order chi connectivity index (χ0) is 24.2. The molecule has 1 amide bonds. The summed E-state index contributed by atoms with van der Waals surface area (Å²) in [5, 5.41) is 9.12. The number of hydrogen-bond acceptors (Lipinski definition) is 9. The van der Waals surface area contributed by atoms with Gasteiger partial charge in [0.25, 0.3) is 0 Å². The Labute approximate surface area is 201 Å². The van der Waals surface area contributed by atoms with Gasteiger partial charge in [0.05, 0.1) is 18.4 Å². The number of amides is 1. The number of para-hydroxylation sites is 2. The van der Waals surface area contributed by atoms with Crippen LogP contribution in [0.1, 0.15) is 39.0 Å². The van der Waals surface area contributed by atoms with E-state index in [9.17, 15) is 9.59 Å². The number of carbonyl (C=O) groups excluding carboxylic acids is 2. The van der Waals surface area contributed by atoms with Crippen molar-refractivity contribution in [3.63, 3.8) is 0 Å². The number of aromatic nitrogens is 3. The van der Waals surface area contributed by atoms with Gasteiger partial charge < -0.3 is 14.2 Å². The Morgan fingerprint density at radius 3 is 2.62 bits per heavy atom. The predicted octanol–water partition coefficient (Wildman–Crippen LogP) is 4.42. The van der Waals surface area contributed by atoms with Crippen molar-refractivity contribution in [2.75, 3.05) is 17.8 Å². The fourth-order valence-electron chi connectivity index (χ4n) is 3.65. The highest BCUT2D eigenvalue weighted by Gasteiger charge is 2.37. The van der Waals surface area contributed by atoms with E-state index in [0.29, 0.717) is 33.4 Å². The molecule has 3 aromatic rings. The molecule has 2 aromatic carbocycles. The standard InChI is InChI=1S/C24H24N4O5S/c1-5-13-34-24-25-22-20(26-27-24)16-9-6-7-11-18(16)28(14(2)29)23(33-22)17-10-8-12-19(31-4)21(17)32-15(3)30/h6-12,23H,5,13H2,1-4H3/t23-/m1/s1. The smallest absolute Gasteiger partial charge is 0.308 e. The number of rotatable bonds is 6. The van der Waals surface area contributed by atoms with Crippen LogP contribution in [0.5, 0.6) is 17.4 Å². The van der Waals surface area contributed by atoms with Gasteiger partial charge in [-0.15, -0.1) is 10.2 Å². The molecule has 0 saturated heterocycles. The molecule has 1 aromatic heterocycles. The number of nitrogens with zero attached hydrogens (tertiary/aromatic N) is 4. The molecular weight excluding hydrogens is 456 g/mol. The molecular formula is C24H24N4O5S. The monoisotopic (exact) mass is 480 g/mol. The van der Waals surface area contributed by atoms with Crippen LogP contribution in [0.2, 0.25) is 0 Å². The molecule has 0 spiro atoms. The first kappa shape index (κ1) is 23.5. The normalized spacial score (nSPS) is 14.4. The van der Waals surface area contributed by atoms with E-state index in [4.69, 9.17) is 14.2 Å². The Hall–Kier alpha value is -3.66. The number of carbonyl (C=O) groups is 2. The Morgan fingerprint density at radius 2 is 1.91 bits per heavy atom. The van der Waals surface area contributed by atoms with Crippen LogP contribution in [0.25, 0.3) is 11.3 Å². The van der Waals surface area contributed by atoms with Gasteiger partial charge in [-0.25, -0.2) is 0 Å². The van der Waals surface area contributed by atoms with Crippen LogP contribution in [0, 0.1) is 0 Å². The minimum atomic E-state index is -1.01. The molecule has 0 bridgehead atoms. The van der Waals surface area contributed by atoms with E-state index < -0.39 is 12.2 Å². The molecule has 9 nitrogen and oxygen atoms in total. The van der Waals surface area contributed by atoms with Crippen molar-refractivity contribution in [3.05, 3.63) is 48.0 Å². The molecule has 10 heteroatoms. The maximum absolute atomic E-state index is 13.0. The minimum Gasteiger partial charge on any atom is -0.493 e. The Bertz CT molecular complexity index is 1240. The average molecular weight is 481 g/mol. The van der Waals surface area contributed by atoms with Crippen LogP contribution in [0.15, 0.2) is 47.6 Å². The maximum atomic E-state index is 13.0. The first-order chi connectivity index (χ1) is 16.4. The maximum Gasteiger partial charge on any atom is 0.308 e. The molecule has 0 fully saturated rings. The van der Waals surface area contributed by atoms with Gasteiger partial charge in [-0.05, 0) is 24.6 Å². The molecule has 1 aliphatic heterocycles. The second-order valence-electron chi connectivity index (χ2n) is 7.45. The highest BCUT2D eigenvalue weighted by atomic mass is 32.2. The quantitative estimate of drug-likeness (QED) is 0.288. The lowest BCUT2D eigenvalue weighted by Gasteiger charge is -2.31. The summed E-state index contributed by atoms with van der Waals surface area (Å²) in [7, 11) is 1.47. The van der Waals surface area contributed by atoms with Crippen LogP contribution in [0.3, 0.4) is 0 Å². The third-order valence-corrected chi connectivity index (χ3v) is 6.07. The summed E-state index contributed by atoms with van der Waals surface area (Å²) in [6.07, 6.45) is -0.0597. The van der Waals surface area contributed by atoms with Gasteiger partial charge in [-0.3, -0.25) is 14.5 Å². The molecule has 34 heavy (non-hydrogen) atoms. The van der Waals surface area contributed by atoms with Gasteiger partial charge in [-0.2, -0.15) is 4.98 Å². The highest BCUT2D eigenvalue weighted by molar-refractivity contribution is 7.99. The number of hydrogen-bond donors (Lipinski definition) is 0. The summed E-state index contributed by atoms with van der Waals surface area (Å²) < 4.78 is 17.3. The number of benzene rings is 2. The van der Waals surface area contributed by atoms with Crippen molar-refractivity contribution in [1.29, 1.82) is 0 Å². The Kier molecular flexibility index (Phi) is 6.97. The van der Waals surface area contributed by atoms with E-state index in [1.165, 1.54) is 37.6 Å². The molecule has 0 radical (unpaired) electrons. The largest absolute Gasteiger partial charge is 0.493 e. The number of esters is 1. The van der Waals surface area contributed by atoms with Crippen LogP contribution in [-0.4, -0.2) is 39.9 Å². The number of methoxy groups -OCH3 is 1. The van der Waals surface area contributed by atoms with Crippen LogP contribution in [0.4, 0.5) is 5.69 Å². The molecule has 4 rings (SSSR count). The van der Waals surface area contributed by atoms with Crippen LogP contribution in [-0.2, 0) is 9.59 Å². The van der Waals surface area contributed by atoms with Gasteiger partial charge in [0.1, 0.15) is 0 Å². The van der Waals surface area contributed by atoms with E-state index >= 15 is 0 Å².